The number of nitrogens with zero attached hydrogens (tertiary/aromatic N) is 3. The number of nitrogens with one attached hydrogen (secondary N) is 1. The molecule has 0 aliphatic carbocycles. The second-order valence-electron chi connectivity index (χ2n) is 3.36. The minimum atomic E-state index is -0.0737. The predicted molar refractivity (Wildman–Crippen MR) is 66.2 cm³/mol. The second-order valence-corrected chi connectivity index (χ2v) is 3.69. The van der Waals surface area contributed by atoms with E-state index in [9.17, 15) is 4.79 Å². The molecule has 5 nitrogen and oxygen atoms in total. The standard InChI is InChI=1S/C9H7ClN4O.C2H6/c10-9-12-4-5-3-6-8(15)11-1-2-14(6)7(5)13-9;1-2/h3-4H,1-2H2,(H,11,15);1-2H3. The summed E-state index contributed by atoms with van der Waals surface area (Å²) in [7, 11) is 0. The fourth-order valence-electron chi connectivity index (χ4n) is 1.80. The first-order chi connectivity index (χ1) is 8.25. The highest BCUT2D eigenvalue weighted by molar-refractivity contribution is 6.28. The fraction of sp³-hybridized carbons (Fsp3) is 0.364. The van der Waals surface area contributed by atoms with Crippen LogP contribution in [-0.2, 0) is 6.54 Å². The molecule has 0 spiro atoms. The summed E-state index contributed by atoms with van der Waals surface area (Å²) in [6.07, 6.45) is 1.63. The van der Waals surface area contributed by atoms with Gasteiger partial charge < -0.3 is 9.88 Å². The van der Waals surface area contributed by atoms with Crippen molar-refractivity contribution in [2.45, 2.75) is 20.4 Å². The summed E-state index contributed by atoms with van der Waals surface area (Å²) >= 11 is 5.72. The Morgan fingerprint density at radius 2 is 2.24 bits per heavy atom. The van der Waals surface area contributed by atoms with E-state index in [2.05, 4.69) is 15.3 Å². The first-order valence-electron chi connectivity index (χ1n) is 5.56. The summed E-state index contributed by atoms with van der Waals surface area (Å²) in [5, 5.41) is 3.82. The van der Waals surface area contributed by atoms with Gasteiger partial charge in [-0.1, -0.05) is 13.8 Å². The van der Waals surface area contributed by atoms with E-state index in [-0.39, 0.29) is 11.2 Å². The third-order valence-corrected chi connectivity index (χ3v) is 2.64. The quantitative estimate of drug-likeness (QED) is 0.728. The van der Waals surface area contributed by atoms with Gasteiger partial charge in [-0.2, -0.15) is 4.98 Å². The van der Waals surface area contributed by atoms with Gasteiger partial charge in [-0.15, -0.1) is 0 Å². The van der Waals surface area contributed by atoms with Crippen molar-refractivity contribution in [2.24, 2.45) is 0 Å². The smallest absolute Gasteiger partial charge is 0.268 e. The van der Waals surface area contributed by atoms with E-state index in [0.717, 1.165) is 17.6 Å². The molecule has 17 heavy (non-hydrogen) atoms. The number of carbonyl (C=O) groups excluding carboxylic acids is 1. The third kappa shape index (κ3) is 1.98. The molecule has 0 radical (unpaired) electrons. The van der Waals surface area contributed by atoms with Crippen LogP contribution >= 0.6 is 11.6 Å². The summed E-state index contributed by atoms with van der Waals surface area (Å²) in [6.45, 7) is 5.34. The molecule has 0 saturated heterocycles. The molecule has 0 aromatic carbocycles. The monoisotopic (exact) mass is 252 g/mol. The molecule has 2 aromatic rings. The van der Waals surface area contributed by atoms with Crippen molar-refractivity contribution in [1.29, 1.82) is 0 Å². The molecule has 90 valence electrons. The van der Waals surface area contributed by atoms with Gasteiger partial charge in [0, 0.05) is 24.7 Å². The number of fused-ring (bicyclic) bond motifs is 3. The molecule has 3 rings (SSSR count). The lowest BCUT2D eigenvalue weighted by Crippen LogP contribution is -2.34. The van der Waals surface area contributed by atoms with Crippen LogP contribution in [0.5, 0.6) is 0 Å². The molecule has 0 fully saturated rings. The van der Waals surface area contributed by atoms with Gasteiger partial charge in [-0.3, -0.25) is 4.79 Å². The maximum atomic E-state index is 11.5. The zero-order valence-corrected chi connectivity index (χ0v) is 10.5. The molecule has 3 heterocycles. The van der Waals surface area contributed by atoms with Crippen LogP contribution in [0.2, 0.25) is 5.28 Å². The highest BCUT2D eigenvalue weighted by Gasteiger charge is 2.20. The van der Waals surface area contributed by atoms with Crippen molar-refractivity contribution in [3.05, 3.63) is 23.2 Å². The number of amides is 1. The lowest BCUT2D eigenvalue weighted by Gasteiger charge is -2.15. The molecule has 1 amide bonds. The lowest BCUT2D eigenvalue weighted by molar-refractivity contribution is 0.0929. The Morgan fingerprint density at radius 3 is 3.00 bits per heavy atom. The van der Waals surface area contributed by atoms with Crippen LogP contribution in [0, 0.1) is 0 Å². The SMILES string of the molecule is CC.O=C1NCCn2c1cc1cnc(Cl)nc12. The lowest BCUT2D eigenvalue weighted by atomic mass is 10.3. The molecule has 2 aromatic heterocycles. The Balaban J connectivity index is 0.000000514. The Kier molecular flexibility index (Phi) is 3.28. The zero-order valence-electron chi connectivity index (χ0n) is 9.70. The molecule has 1 N–H and O–H groups in total. The van der Waals surface area contributed by atoms with E-state index in [0.29, 0.717) is 12.2 Å². The van der Waals surface area contributed by atoms with Crippen molar-refractivity contribution in [3.63, 3.8) is 0 Å². The maximum Gasteiger partial charge on any atom is 0.268 e. The molecular weight excluding hydrogens is 240 g/mol. The van der Waals surface area contributed by atoms with E-state index < -0.39 is 0 Å². The number of carbonyl (C=O) groups is 1. The van der Waals surface area contributed by atoms with E-state index in [1.54, 1.807) is 12.3 Å². The van der Waals surface area contributed by atoms with Crippen molar-refractivity contribution < 1.29 is 4.79 Å². The minimum Gasteiger partial charge on any atom is -0.349 e. The second kappa shape index (κ2) is 4.71. The van der Waals surface area contributed by atoms with E-state index in [4.69, 9.17) is 11.6 Å². The largest absolute Gasteiger partial charge is 0.349 e. The Morgan fingerprint density at radius 1 is 1.47 bits per heavy atom. The molecule has 6 heteroatoms. The van der Waals surface area contributed by atoms with Crippen LogP contribution in [0.1, 0.15) is 24.3 Å². The summed E-state index contributed by atoms with van der Waals surface area (Å²) < 4.78 is 1.86. The third-order valence-electron chi connectivity index (χ3n) is 2.46. The summed E-state index contributed by atoms with van der Waals surface area (Å²) in [5.74, 6) is -0.0737. The fourth-order valence-corrected chi connectivity index (χ4v) is 1.93. The van der Waals surface area contributed by atoms with Crippen LogP contribution in [0.15, 0.2) is 12.3 Å². The summed E-state index contributed by atoms with van der Waals surface area (Å²) in [4.78, 5) is 19.5. The summed E-state index contributed by atoms with van der Waals surface area (Å²) in [5.41, 5.74) is 1.34. The van der Waals surface area contributed by atoms with Gasteiger partial charge in [0.05, 0.1) is 0 Å². The van der Waals surface area contributed by atoms with Crippen LogP contribution in [0.3, 0.4) is 0 Å². The van der Waals surface area contributed by atoms with Crippen LogP contribution in [0.25, 0.3) is 11.0 Å². The number of hydrogen-bond donors (Lipinski definition) is 1. The van der Waals surface area contributed by atoms with Gasteiger partial charge in [0.1, 0.15) is 11.3 Å². The van der Waals surface area contributed by atoms with Crippen LogP contribution in [0.4, 0.5) is 0 Å². The summed E-state index contributed by atoms with van der Waals surface area (Å²) in [6, 6.07) is 1.78. The van der Waals surface area contributed by atoms with Gasteiger partial charge in [0.15, 0.2) is 0 Å². The highest BCUT2D eigenvalue weighted by atomic mass is 35.5. The Labute approximate surface area is 104 Å². The first kappa shape index (κ1) is 11.9. The van der Waals surface area contributed by atoms with Gasteiger partial charge >= 0.3 is 0 Å². The molecule has 1 aliphatic heterocycles. The average Bonchev–Trinajstić information content (AvgIpc) is 2.72. The van der Waals surface area contributed by atoms with Crippen molar-refractivity contribution >= 4 is 28.5 Å². The highest BCUT2D eigenvalue weighted by Crippen LogP contribution is 2.20. The van der Waals surface area contributed by atoms with Crippen molar-refractivity contribution in [3.8, 4) is 0 Å². The normalized spacial score (nSPS) is 13.7. The average molecular weight is 253 g/mol. The number of aromatic nitrogens is 3. The Hall–Kier alpha value is -1.62. The van der Waals surface area contributed by atoms with Crippen LogP contribution in [-0.4, -0.2) is 27.0 Å². The molecule has 0 unspecified atom stereocenters. The Bertz CT molecular complexity index is 564. The van der Waals surface area contributed by atoms with E-state index in [1.165, 1.54) is 0 Å². The van der Waals surface area contributed by atoms with Gasteiger partial charge in [0.2, 0.25) is 5.28 Å². The van der Waals surface area contributed by atoms with Gasteiger partial charge in [-0.25, -0.2) is 4.98 Å². The van der Waals surface area contributed by atoms with E-state index in [1.807, 2.05) is 18.4 Å². The minimum absolute atomic E-state index is 0.0737. The number of rotatable bonds is 0. The predicted octanol–water partition coefficient (Wildman–Crippen LogP) is 1.85. The topological polar surface area (TPSA) is 59.8 Å². The number of halogens is 1. The van der Waals surface area contributed by atoms with Crippen molar-refractivity contribution in [1.82, 2.24) is 19.9 Å². The maximum absolute atomic E-state index is 11.5. The van der Waals surface area contributed by atoms with Gasteiger partial charge in [-0.05, 0) is 17.7 Å². The molecule has 0 bridgehead atoms. The molecule has 0 saturated carbocycles. The van der Waals surface area contributed by atoms with E-state index >= 15 is 0 Å². The molecular formula is C11H13ClN4O. The van der Waals surface area contributed by atoms with Gasteiger partial charge in [0.25, 0.3) is 5.91 Å². The molecule has 0 atom stereocenters. The zero-order chi connectivity index (χ0) is 12.4. The number of hydrogen-bond acceptors (Lipinski definition) is 3. The molecule has 1 aliphatic rings. The van der Waals surface area contributed by atoms with Crippen molar-refractivity contribution in [2.75, 3.05) is 6.54 Å². The first-order valence-corrected chi connectivity index (χ1v) is 5.93. The van der Waals surface area contributed by atoms with Crippen LogP contribution < -0.4 is 5.32 Å².